The molecule has 1 aliphatic carbocycles. The van der Waals surface area contributed by atoms with Gasteiger partial charge in [-0.25, -0.2) is 4.98 Å². The number of hydrogen-bond donors (Lipinski definition) is 0. The third kappa shape index (κ3) is 2.81. The van der Waals surface area contributed by atoms with Gasteiger partial charge in [0.1, 0.15) is 5.82 Å². The quantitative estimate of drug-likeness (QED) is 0.736. The summed E-state index contributed by atoms with van der Waals surface area (Å²) in [6, 6.07) is 4.28. The van der Waals surface area contributed by atoms with Gasteiger partial charge in [0.2, 0.25) is 0 Å². The number of anilines is 1. The monoisotopic (exact) mass is 292 g/mol. The Morgan fingerprint density at radius 3 is 2.40 bits per heavy atom. The van der Waals surface area contributed by atoms with Crippen LogP contribution >= 0.6 is 11.6 Å². The summed E-state index contributed by atoms with van der Waals surface area (Å²) in [6.07, 6.45) is 9.96. The molecule has 1 aromatic rings. The molecule has 2 fully saturated rings. The highest BCUT2D eigenvalue weighted by Gasteiger charge is 2.35. The fourth-order valence-electron chi connectivity index (χ4n) is 3.91. The van der Waals surface area contributed by atoms with Crippen molar-refractivity contribution in [1.82, 2.24) is 4.98 Å². The highest BCUT2D eigenvalue weighted by Crippen LogP contribution is 2.44. The number of halogens is 1. The molecule has 1 saturated carbocycles. The summed E-state index contributed by atoms with van der Waals surface area (Å²) >= 11 is 5.91. The highest BCUT2D eigenvalue weighted by molar-refractivity contribution is 6.17. The maximum atomic E-state index is 5.91. The molecule has 0 unspecified atom stereocenters. The van der Waals surface area contributed by atoms with Crippen molar-refractivity contribution in [2.45, 2.75) is 57.7 Å². The number of aromatic nitrogens is 1. The number of alkyl halides is 1. The van der Waals surface area contributed by atoms with Crippen molar-refractivity contribution >= 4 is 17.4 Å². The van der Waals surface area contributed by atoms with Crippen molar-refractivity contribution in [1.29, 1.82) is 0 Å². The lowest BCUT2D eigenvalue weighted by molar-refractivity contribution is 0.144. The van der Waals surface area contributed by atoms with Gasteiger partial charge in [-0.3, -0.25) is 0 Å². The number of nitrogens with zero attached hydrogens (tertiary/aromatic N) is 2. The molecule has 110 valence electrons. The molecule has 0 aromatic carbocycles. The zero-order valence-corrected chi connectivity index (χ0v) is 13.3. The normalized spacial score (nSPS) is 22.2. The molecule has 0 bridgehead atoms. The highest BCUT2D eigenvalue weighted by atomic mass is 35.5. The first-order chi connectivity index (χ1) is 9.72. The molecule has 0 atom stereocenters. The largest absolute Gasteiger partial charge is 0.357 e. The average Bonchev–Trinajstić information content (AvgIpc) is 2.49. The van der Waals surface area contributed by atoms with Crippen molar-refractivity contribution in [2.75, 3.05) is 18.0 Å². The Morgan fingerprint density at radius 2 is 1.80 bits per heavy atom. The summed E-state index contributed by atoms with van der Waals surface area (Å²) in [5, 5.41) is 0. The minimum absolute atomic E-state index is 0.558. The molecule has 0 radical (unpaired) electrons. The van der Waals surface area contributed by atoms with Gasteiger partial charge in [0, 0.05) is 24.7 Å². The van der Waals surface area contributed by atoms with Crippen molar-refractivity contribution in [3.8, 4) is 0 Å². The minimum Gasteiger partial charge on any atom is -0.357 e. The zero-order chi connectivity index (χ0) is 14.0. The first-order valence-electron chi connectivity index (χ1n) is 8.00. The molecule has 1 saturated heterocycles. The lowest BCUT2D eigenvalue weighted by atomic mass is 9.68. The van der Waals surface area contributed by atoms with E-state index in [1.54, 1.807) is 0 Å². The summed E-state index contributed by atoms with van der Waals surface area (Å²) in [5.41, 5.74) is 2.89. The van der Waals surface area contributed by atoms with Gasteiger partial charge in [0.05, 0.1) is 0 Å². The minimum atomic E-state index is 0.558. The van der Waals surface area contributed by atoms with E-state index in [1.165, 1.54) is 58.0 Å². The predicted molar refractivity (Wildman–Crippen MR) is 85.5 cm³/mol. The van der Waals surface area contributed by atoms with Crippen LogP contribution in [0.25, 0.3) is 0 Å². The number of hydrogen-bond acceptors (Lipinski definition) is 2. The topological polar surface area (TPSA) is 16.1 Å². The second-order valence-corrected chi connectivity index (χ2v) is 6.86. The molecular formula is C17H25ClN2. The summed E-state index contributed by atoms with van der Waals surface area (Å²) in [6.45, 7) is 4.41. The number of piperidine rings is 1. The van der Waals surface area contributed by atoms with Crippen LogP contribution in [0.5, 0.6) is 0 Å². The maximum absolute atomic E-state index is 5.91. The number of pyridine rings is 1. The molecule has 20 heavy (non-hydrogen) atoms. The van der Waals surface area contributed by atoms with Gasteiger partial charge >= 0.3 is 0 Å². The molecule has 0 N–H and O–H groups in total. The van der Waals surface area contributed by atoms with E-state index in [4.69, 9.17) is 16.6 Å². The Hall–Kier alpha value is -0.760. The third-order valence-corrected chi connectivity index (χ3v) is 5.67. The van der Waals surface area contributed by atoms with Crippen LogP contribution in [0.4, 0.5) is 5.82 Å². The Kier molecular flexibility index (Phi) is 4.21. The van der Waals surface area contributed by atoms with Crippen molar-refractivity contribution in [3.05, 3.63) is 23.4 Å². The molecule has 1 spiro atoms. The SMILES string of the molecule is Cc1nc(N2CCC3(CCCCC3)CC2)ccc1CCl. The first kappa shape index (κ1) is 14.2. The smallest absolute Gasteiger partial charge is 0.128 e. The van der Waals surface area contributed by atoms with Gasteiger partial charge in [-0.15, -0.1) is 11.6 Å². The Labute approximate surface area is 127 Å². The Bertz CT molecular complexity index is 456. The van der Waals surface area contributed by atoms with E-state index in [0.717, 1.165) is 17.1 Å². The maximum Gasteiger partial charge on any atom is 0.128 e. The number of aryl methyl sites for hydroxylation is 1. The van der Waals surface area contributed by atoms with E-state index < -0.39 is 0 Å². The van der Waals surface area contributed by atoms with Crippen LogP contribution in [0.3, 0.4) is 0 Å². The van der Waals surface area contributed by atoms with Crippen LogP contribution in [-0.2, 0) is 5.88 Å². The molecule has 1 aromatic heterocycles. The standard InChI is InChI=1S/C17H25ClN2/c1-14-15(13-18)5-6-16(19-14)20-11-9-17(10-12-20)7-3-2-4-8-17/h5-6H,2-4,7-13H2,1H3. The molecule has 3 rings (SSSR count). The third-order valence-electron chi connectivity index (χ3n) is 5.39. The van der Waals surface area contributed by atoms with Crippen LogP contribution in [0.2, 0.25) is 0 Å². The average molecular weight is 293 g/mol. The molecule has 2 nitrogen and oxygen atoms in total. The van der Waals surface area contributed by atoms with Crippen LogP contribution in [0.1, 0.15) is 56.2 Å². The second-order valence-electron chi connectivity index (χ2n) is 6.60. The lowest BCUT2D eigenvalue weighted by Gasteiger charge is -2.44. The molecule has 3 heteroatoms. The molecule has 2 heterocycles. The first-order valence-corrected chi connectivity index (χ1v) is 8.53. The van der Waals surface area contributed by atoms with Gasteiger partial charge in [-0.1, -0.05) is 25.3 Å². The van der Waals surface area contributed by atoms with Gasteiger partial charge < -0.3 is 4.90 Å². The van der Waals surface area contributed by atoms with Crippen molar-refractivity contribution in [3.63, 3.8) is 0 Å². The van der Waals surface area contributed by atoms with Gasteiger partial charge in [0.25, 0.3) is 0 Å². The van der Waals surface area contributed by atoms with Crippen LogP contribution in [0, 0.1) is 12.3 Å². The molecule has 2 aliphatic rings. The van der Waals surface area contributed by atoms with E-state index in [1.807, 2.05) is 0 Å². The Morgan fingerprint density at radius 1 is 1.10 bits per heavy atom. The summed E-state index contributed by atoms with van der Waals surface area (Å²) < 4.78 is 0. The van der Waals surface area contributed by atoms with Crippen LogP contribution in [-0.4, -0.2) is 18.1 Å². The molecular weight excluding hydrogens is 268 g/mol. The van der Waals surface area contributed by atoms with Gasteiger partial charge in [-0.2, -0.15) is 0 Å². The van der Waals surface area contributed by atoms with Crippen LogP contribution < -0.4 is 4.90 Å². The number of rotatable bonds is 2. The lowest BCUT2D eigenvalue weighted by Crippen LogP contribution is -2.41. The Balaban J connectivity index is 1.67. The van der Waals surface area contributed by atoms with Gasteiger partial charge in [-0.05, 0) is 49.7 Å². The van der Waals surface area contributed by atoms with Crippen molar-refractivity contribution in [2.24, 2.45) is 5.41 Å². The van der Waals surface area contributed by atoms with E-state index in [2.05, 4.69) is 24.0 Å². The van der Waals surface area contributed by atoms with Crippen molar-refractivity contribution < 1.29 is 0 Å². The van der Waals surface area contributed by atoms with E-state index >= 15 is 0 Å². The summed E-state index contributed by atoms with van der Waals surface area (Å²) in [7, 11) is 0. The molecule has 1 aliphatic heterocycles. The predicted octanol–water partition coefficient (Wildman–Crippen LogP) is 4.68. The fourth-order valence-corrected chi connectivity index (χ4v) is 4.19. The van der Waals surface area contributed by atoms with Gasteiger partial charge in [0.15, 0.2) is 0 Å². The van der Waals surface area contributed by atoms with E-state index in [9.17, 15) is 0 Å². The van der Waals surface area contributed by atoms with Crippen LogP contribution in [0.15, 0.2) is 12.1 Å². The van der Waals surface area contributed by atoms with E-state index in [0.29, 0.717) is 11.3 Å². The van der Waals surface area contributed by atoms with E-state index in [-0.39, 0.29) is 0 Å². The zero-order valence-electron chi connectivity index (χ0n) is 12.5. The molecule has 0 amide bonds. The second kappa shape index (κ2) is 5.93. The summed E-state index contributed by atoms with van der Waals surface area (Å²) in [5.74, 6) is 1.70. The fraction of sp³-hybridized carbons (Fsp3) is 0.706. The summed E-state index contributed by atoms with van der Waals surface area (Å²) in [4.78, 5) is 7.21.